The monoisotopic (exact) mass is 288 g/mol. The highest BCUT2D eigenvalue weighted by molar-refractivity contribution is 5.59. The summed E-state index contributed by atoms with van der Waals surface area (Å²) in [5, 5.41) is 0. The zero-order valence-corrected chi connectivity index (χ0v) is 14.3. The van der Waals surface area contributed by atoms with Crippen molar-refractivity contribution in [3.63, 3.8) is 0 Å². The van der Waals surface area contributed by atoms with E-state index in [9.17, 15) is 0 Å². The van der Waals surface area contributed by atoms with Crippen LogP contribution in [0.1, 0.15) is 49.4 Å². The van der Waals surface area contributed by atoms with E-state index in [4.69, 9.17) is 9.47 Å². The Labute approximate surface area is 129 Å². The van der Waals surface area contributed by atoms with Crippen molar-refractivity contribution in [1.82, 2.24) is 0 Å². The lowest BCUT2D eigenvalue weighted by atomic mass is 9.81. The number of hydrogen-bond donors (Lipinski definition) is 0. The molecule has 1 aliphatic rings. The summed E-state index contributed by atoms with van der Waals surface area (Å²) in [6, 6.07) is 0. The lowest BCUT2D eigenvalue weighted by Crippen LogP contribution is -2.41. The van der Waals surface area contributed by atoms with Crippen LogP contribution in [-0.4, -0.2) is 12.2 Å². The minimum atomic E-state index is -0.0693. The maximum absolute atomic E-state index is 6.46. The van der Waals surface area contributed by atoms with Gasteiger partial charge in [0.1, 0.15) is 23.7 Å². The highest BCUT2D eigenvalue weighted by Gasteiger charge is 2.37. The van der Waals surface area contributed by atoms with E-state index in [1.807, 2.05) is 0 Å². The Balaban J connectivity index is 2.51. The summed E-state index contributed by atoms with van der Waals surface area (Å²) in [4.78, 5) is 0. The predicted molar refractivity (Wildman–Crippen MR) is 88.5 cm³/mol. The lowest BCUT2D eigenvalue weighted by molar-refractivity contribution is 0.0191. The van der Waals surface area contributed by atoms with Gasteiger partial charge in [-0.1, -0.05) is 26.5 Å². The van der Waals surface area contributed by atoms with Crippen LogP contribution in [0.5, 0.6) is 11.5 Å². The first-order chi connectivity index (χ1) is 9.81. The van der Waals surface area contributed by atoms with Crippen LogP contribution < -0.4 is 9.47 Å². The fraction of sp³-hybridized carbons (Fsp3) is 0.579. The minimum absolute atomic E-state index is 0.0693. The summed E-state index contributed by atoms with van der Waals surface area (Å²) in [6.45, 7) is 17.4. The molecule has 0 radical (unpaired) electrons. The lowest BCUT2D eigenvalue weighted by Gasteiger charge is -2.41. The van der Waals surface area contributed by atoms with E-state index in [-0.39, 0.29) is 5.60 Å². The number of fused-ring (bicyclic) bond motifs is 1. The van der Waals surface area contributed by atoms with E-state index in [2.05, 4.69) is 48.1 Å². The first-order valence-corrected chi connectivity index (χ1v) is 7.87. The van der Waals surface area contributed by atoms with Gasteiger partial charge >= 0.3 is 0 Å². The molecule has 0 aliphatic carbocycles. The van der Waals surface area contributed by atoms with Crippen LogP contribution >= 0.6 is 0 Å². The van der Waals surface area contributed by atoms with Crippen LogP contribution in [-0.2, 0) is 6.42 Å². The Bertz CT molecular complexity index is 557. The number of benzene rings is 1. The van der Waals surface area contributed by atoms with Gasteiger partial charge in [0.25, 0.3) is 0 Å². The van der Waals surface area contributed by atoms with Gasteiger partial charge in [-0.3, -0.25) is 0 Å². The quantitative estimate of drug-likeness (QED) is 0.732. The molecule has 1 heterocycles. The van der Waals surface area contributed by atoms with Crippen LogP contribution in [0, 0.1) is 26.7 Å². The van der Waals surface area contributed by atoms with Gasteiger partial charge in [0.05, 0.1) is 0 Å². The van der Waals surface area contributed by atoms with Crippen molar-refractivity contribution < 1.29 is 9.47 Å². The minimum Gasteiger partial charge on any atom is -0.489 e. The van der Waals surface area contributed by atoms with Crippen molar-refractivity contribution >= 4 is 0 Å². The Kier molecular flexibility index (Phi) is 4.36. The van der Waals surface area contributed by atoms with Gasteiger partial charge in [-0.25, -0.2) is 0 Å². The van der Waals surface area contributed by atoms with Gasteiger partial charge in [0.15, 0.2) is 0 Å². The highest BCUT2D eigenvalue weighted by Crippen LogP contribution is 2.45. The first-order valence-electron chi connectivity index (χ1n) is 7.87. The second-order valence-electron chi connectivity index (χ2n) is 6.68. The fourth-order valence-electron chi connectivity index (χ4n) is 3.02. The molecular formula is C19H28O2. The zero-order valence-electron chi connectivity index (χ0n) is 14.3. The van der Waals surface area contributed by atoms with E-state index < -0.39 is 0 Å². The smallest absolute Gasteiger partial charge is 0.127 e. The summed E-state index contributed by atoms with van der Waals surface area (Å²) in [5.41, 5.74) is 4.86. The first kappa shape index (κ1) is 15.9. The Hall–Kier alpha value is -1.44. The van der Waals surface area contributed by atoms with Crippen LogP contribution in [0.2, 0.25) is 0 Å². The third kappa shape index (κ3) is 2.68. The molecule has 0 saturated carbocycles. The molecular weight excluding hydrogens is 260 g/mol. The maximum atomic E-state index is 6.46. The van der Waals surface area contributed by atoms with Gasteiger partial charge in [0.2, 0.25) is 0 Å². The molecule has 1 aromatic rings. The van der Waals surface area contributed by atoms with Crippen molar-refractivity contribution in [1.29, 1.82) is 0 Å². The van der Waals surface area contributed by atoms with Crippen LogP contribution in [0.15, 0.2) is 12.7 Å². The Morgan fingerprint density at radius 1 is 1.24 bits per heavy atom. The van der Waals surface area contributed by atoms with Gasteiger partial charge < -0.3 is 9.47 Å². The molecule has 0 spiro atoms. The molecule has 0 fully saturated rings. The standard InChI is InChI=1S/C19H28O2/c1-8-11-20-17-13(4)14(5)18-16(15(17)6)9-10-19(7,21-18)12(2)3/h8,12H,1,9-11H2,2-7H3. The third-order valence-electron chi connectivity index (χ3n) is 5.08. The molecule has 0 aromatic heterocycles. The molecule has 2 nitrogen and oxygen atoms in total. The molecule has 1 aliphatic heterocycles. The SMILES string of the molecule is C=CCOc1c(C)c(C)c2c(c1C)CCC(C)(C(C)C)O2. The van der Waals surface area contributed by atoms with E-state index in [0.29, 0.717) is 12.5 Å². The number of hydrogen-bond acceptors (Lipinski definition) is 2. The van der Waals surface area contributed by atoms with Crippen molar-refractivity contribution in [2.75, 3.05) is 6.61 Å². The highest BCUT2D eigenvalue weighted by atomic mass is 16.5. The van der Waals surface area contributed by atoms with Gasteiger partial charge in [0, 0.05) is 5.56 Å². The Morgan fingerprint density at radius 3 is 2.48 bits per heavy atom. The summed E-state index contributed by atoms with van der Waals surface area (Å²) in [7, 11) is 0. The molecule has 1 aromatic carbocycles. The largest absolute Gasteiger partial charge is 0.489 e. The van der Waals surface area contributed by atoms with E-state index in [1.54, 1.807) is 6.08 Å². The topological polar surface area (TPSA) is 18.5 Å². The molecule has 0 bridgehead atoms. The van der Waals surface area contributed by atoms with Crippen LogP contribution in [0.3, 0.4) is 0 Å². The molecule has 21 heavy (non-hydrogen) atoms. The summed E-state index contributed by atoms with van der Waals surface area (Å²) in [5.74, 6) is 2.59. The number of ether oxygens (including phenoxy) is 2. The average Bonchev–Trinajstić information content (AvgIpc) is 2.44. The normalized spacial score (nSPS) is 20.9. The second kappa shape index (κ2) is 5.75. The van der Waals surface area contributed by atoms with Crippen LogP contribution in [0.4, 0.5) is 0 Å². The third-order valence-corrected chi connectivity index (χ3v) is 5.08. The van der Waals surface area contributed by atoms with Gasteiger partial charge in [-0.05, 0) is 63.1 Å². The molecule has 116 valence electrons. The molecule has 1 atom stereocenters. The molecule has 0 saturated heterocycles. The fourth-order valence-corrected chi connectivity index (χ4v) is 3.02. The zero-order chi connectivity index (χ0) is 15.8. The molecule has 0 amide bonds. The Morgan fingerprint density at radius 2 is 1.90 bits per heavy atom. The molecule has 2 heteroatoms. The summed E-state index contributed by atoms with van der Waals surface area (Å²) < 4.78 is 12.3. The molecule has 1 unspecified atom stereocenters. The molecule has 2 rings (SSSR count). The van der Waals surface area contributed by atoms with Crippen molar-refractivity contribution in [3.05, 3.63) is 34.9 Å². The van der Waals surface area contributed by atoms with Crippen molar-refractivity contribution in [2.24, 2.45) is 5.92 Å². The van der Waals surface area contributed by atoms with E-state index in [0.717, 1.165) is 24.3 Å². The van der Waals surface area contributed by atoms with Gasteiger partial charge in [-0.15, -0.1) is 0 Å². The average molecular weight is 288 g/mol. The van der Waals surface area contributed by atoms with Crippen LogP contribution in [0.25, 0.3) is 0 Å². The van der Waals surface area contributed by atoms with Crippen molar-refractivity contribution in [2.45, 2.75) is 60.0 Å². The molecule has 0 N–H and O–H groups in total. The van der Waals surface area contributed by atoms with E-state index >= 15 is 0 Å². The summed E-state index contributed by atoms with van der Waals surface area (Å²) in [6.07, 6.45) is 3.91. The van der Waals surface area contributed by atoms with Gasteiger partial charge in [-0.2, -0.15) is 0 Å². The van der Waals surface area contributed by atoms with E-state index in [1.165, 1.54) is 22.3 Å². The number of rotatable bonds is 4. The summed E-state index contributed by atoms with van der Waals surface area (Å²) >= 11 is 0. The maximum Gasteiger partial charge on any atom is 0.127 e. The predicted octanol–water partition coefficient (Wildman–Crippen LogP) is 4.92. The van der Waals surface area contributed by atoms with Crippen molar-refractivity contribution in [3.8, 4) is 11.5 Å². The second-order valence-corrected chi connectivity index (χ2v) is 6.68.